The van der Waals surface area contributed by atoms with Gasteiger partial charge in [0.05, 0.1) is 46.9 Å². The highest BCUT2D eigenvalue weighted by Crippen LogP contribution is 2.33. The average Bonchev–Trinajstić information content (AvgIpc) is 3.40. The molecule has 0 saturated carbocycles. The molecule has 1 saturated heterocycles. The number of hydrogen-bond acceptors (Lipinski definition) is 8. The summed E-state index contributed by atoms with van der Waals surface area (Å²) in [7, 11) is 1.89. The number of piperidine rings is 1. The van der Waals surface area contributed by atoms with Crippen LogP contribution in [0.5, 0.6) is 0 Å². The van der Waals surface area contributed by atoms with Crippen LogP contribution in [-0.4, -0.2) is 50.0 Å². The van der Waals surface area contributed by atoms with Crippen molar-refractivity contribution in [2.75, 3.05) is 29.0 Å². The highest BCUT2D eigenvalue weighted by molar-refractivity contribution is 5.99. The second kappa shape index (κ2) is 9.70. The Kier molecular flexibility index (Phi) is 6.71. The van der Waals surface area contributed by atoms with Crippen LogP contribution in [-0.2, 0) is 18.3 Å². The molecule has 0 spiro atoms. The van der Waals surface area contributed by atoms with Crippen molar-refractivity contribution >= 4 is 46.4 Å². The second-order valence-electron chi connectivity index (χ2n) is 8.22. The van der Waals surface area contributed by atoms with Gasteiger partial charge < -0.3 is 25.5 Å². The number of nitrogens with zero attached hydrogens (tertiary/aromatic N) is 5. The van der Waals surface area contributed by atoms with Crippen molar-refractivity contribution in [2.45, 2.75) is 25.4 Å². The van der Waals surface area contributed by atoms with Crippen molar-refractivity contribution in [1.29, 1.82) is 0 Å². The van der Waals surface area contributed by atoms with E-state index in [4.69, 9.17) is 10.2 Å². The lowest BCUT2D eigenvalue weighted by Crippen LogP contribution is -2.36. The van der Waals surface area contributed by atoms with E-state index >= 15 is 0 Å². The van der Waals surface area contributed by atoms with E-state index in [-0.39, 0.29) is 30.8 Å². The number of anilines is 3. The number of aliphatic hydroxyl groups is 1. The molecule has 1 fully saturated rings. The van der Waals surface area contributed by atoms with Gasteiger partial charge in [-0.1, -0.05) is 0 Å². The van der Waals surface area contributed by atoms with Gasteiger partial charge in [-0.3, -0.25) is 9.48 Å². The Morgan fingerprint density at radius 1 is 1.32 bits per heavy atom. The number of amides is 1. The van der Waals surface area contributed by atoms with Gasteiger partial charge in [0.1, 0.15) is 12.1 Å². The van der Waals surface area contributed by atoms with Crippen molar-refractivity contribution in [2.24, 2.45) is 7.05 Å². The van der Waals surface area contributed by atoms with Crippen LogP contribution in [0.3, 0.4) is 0 Å². The number of aliphatic hydroxyl groups excluding tert-OH is 1. The van der Waals surface area contributed by atoms with Gasteiger partial charge >= 0.3 is 0 Å². The maximum absolute atomic E-state index is 12.9. The average molecular weight is 484 g/mol. The molecule has 1 aliphatic heterocycles. The third-order valence-corrected chi connectivity index (χ3v) is 5.91. The fourth-order valence-electron chi connectivity index (χ4n) is 4.13. The molecule has 0 radical (unpaired) electrons. The molecular formula is C23H26ClN7O3. The van der Waals surface area contributed by atoms with Crippen LogP contribution in [0.15, 0.2) is 47.3 Å². The van der Waals surface area contributed by atoms with E-state index in [0.29, 0.717) is 54.6 Å². The van der Waals surface area contributed by atoms with E-state index in [9.17, 15) is 9.90 Å². The number of nitrogens with one attached hydrogen (secondary N) is 1. The van der Waals surface area contributed by atoms with Gasteiger partial charge in [0, 0.05) is 31.7 Å². The predicted octanol–water partition coefficient (Wildman–Crippen LogP) is 2.77. The molecule has 10 nitrogen and oxygen atoms in total. The second-order valence-corrected chi connectivity index (χ2v) is 8.22. The zero-order valence-corrected chi connectivity index (χ0v) is 19.5. The predicted molar refractivity (Wildman–Crippen MR) is 132 cm³/mol. The minimum Gasteiger partial charge on any atom is -0.444 e. The summed E-state index contributed by atoms with van der Waals surface area (Å²) in [5, 5.41) is 18.2. The summed E-state index contributed by atoms with van der Waals surface area (Å²) in [4.78, 5) is 23.5. The van der Waals surface area contributed by atoms with Crippen molar-refractivity contribution in [1.82, 2.24) is 19.7 Å². The minimum atomic E-state index is -0.282. The maximum Gasteiger partial charge on any atom is 0.230 e. The van der Waals surface area contributed by atoms with Gasteiger partial charge in [-0.05, 0) is 37.1 Å². The Morgan fingerprint density at radius 3 is 2.88 bits per heavy atom. The molecule has 0 bridgehead atoms. The molecule has 34 heavy (non-hydrogen) atoms. The smallest absolute Gasteiger partial charge is 0.230 e. The number of oxazole rings is 1. The van der Waals surface area contributed by atoms with Gasteiger partial charge in [0.2, 0.25) is 11.8 Å². The molecular weight excluding hydrogens is 458 g/mol. The Hall–Kier alpha value is -3.63. The van der Waals surface area contributed by atoms with Gasteiger partial charge in [-0.2, -0.15) is 5.10 Å². The van der Waals surface area contributed by atoms with E-state index < -0.39 is 0 Å². The third-order valence-electron chi connectivity index (χ3n) is 5.91. The lowest BCUT2D eigenvalue weighted by atomic mass is 10.1. The number of hydrogen-bond donors (Lipinski definition) is 3. The first-order chi connectivity index (χ1) is 16.0. The Bertz CT molecular complexity index is 1310. The van der Waals surface area contributed by atoms with Crippen LogP contribution >= 0.6 is 12.4 Å². The topological polar surface area (TPSA) is 135 Å². The lowest BCUT2D eigenvalue weighted by molar-refractivity contribution is -0.115. The summed E-state index contributed by atoms with van der Waals surface area (Å²) in [5.74, 6) is 0.430. The number of aryl methyl sites for hydroxylation is 1. The normalized spacial score (nSPS) is 14.2. The molecule has 3 aromatic heterocycles. The molecule has 11 heteroatoms. The third kappa shape index (κ3) is 4.68. The summed E-state index contributed by atoms with van der Waals surface area (Å²) in [6, 6.07) is 7.49. The van der Waals surface area contributed by atoms with E-state index in [1.54, 1.807) is 24.5 Å². The lowest BCUT2D eigenvalue weighted by Gasteiger charge is -2.33. The van der Waals surface area contributed by atoms with Crippen LogP contribution < -0.4 is 16.0 Å². The van der Waals surface area contributed by atoms with Crippen molar-refractivity contribution in [3.05, 3.63) is 48.6 Å². The largest absolute Gasteiger partial charge is 0.444 e. The fourth-order valence-corrected chi connectivity index (χ4v) is 4.13. The van der Waals surface area contributed by atoms with Crippen molar-refractivity contribution < 1.29 is 14.3 Å². The fraction of sp³-hybridized carbons (Fsp3) is 0.304. The first-order valence-electron chi connectivity index (χ1n) is 10.8. The molecule has 4 heterocycles. The molecule has 4 N–H and O–H groups in total. The monoisotopic (exact) mass is 483 g/mol. The first-order valence-corrected chi connectivity index (χ1v) is 10.8. The maximum atomic E-state index is 12.9. The van der Waals surface area contributed by atoms with Crippen LogP contribution in [0, 0.1) is 0 Å². The molecule has 1 amide bonds. The number of fused-ring (bicyclic) bond motifs is 1. The summed E-state index contributed by atoms with van der Waals surface area (Å²) in [6.45, 7) is 1.43. The highest BCUT2D eigenvalue weighted by atomic mass is 35.5. The number of nitrogens with two attached hydrogens (primary N) is 1. The number of pyridine rings is 1. The summed E-state index contributed by atoms with van der Waals surface area (Å²) in [6.07, 6.45) is 5.97. The Morgan fingerprint density at radius 2 is 2.12 bits per heavy atom. The molecule has 0 atom stereocenters. The van der Waals surface area contributed by atoms with E-state index in [2.05, 4.69) is 25.3 Å². The van der Waals surface area contributed by atoms with E-state index in [1.165, 1.54) is 6.26 Å². The molecule has 1 aromatic carbocycles. The number of carbonyl (C=O) groups excluding carboxylic acids is 1. The number of aromatic nitrogens is 4. The standard InChI is InChI=1S/C23H25N7O3.ClH/c1-29-19-11-20(30-7-4-16(31)5-8-30)18(9-14(19)12-26-29)28-21(32)10-15-13-33-23(27-15)17-3-2-6-25-22(17)24;/h2-3,6,9,11-13,16,31H,4-5,7-8,10H2,1H3,(H2,24,25)(H,28,32);1H. The quantitative estimate of drug-likeness (QED) is 0.394. The van der Waals surface area contributed by atoms with Crippen LogP contribution in [0.2, 0.25) is 0 Å². The molecule has 5 rings (SSSR count). The number of nitrogen functional groups attached to an aromatic ring is 1. The summed E-state index contributed by atoms with van der Waals surface area (Å²) >= 11 is 0. The first kappa shape index (κ1) is 23.5. The molecule has 0 aliphatic carbocycles. The summed E-state index contributed by atoms with van der Waals surface area (Å²) in [5.41, 5.74) is 9.57. The van der Waals surface area contributed by atoms with Gasteiger partial charge in [0.25, 0.3) is 0 Å². The van der Waals surface area contributed by atoms with Crippen molar-refractivity contribution in [3.63, 3.8) is 0 Å². The number of benzene rings is 1. The molecule has 1 aliphatic rings. The number of halogens is 1. The zero-order valence-electron chi connectivity index (χ0n) is 18.6. The zero-order chi connectivity index (χ0) is 22.9. The summed E-state index contributed by atoms with van der Waals surface area (Å²) < 4.78 is 7.33. The molecule has 178 valence electrons. The van der Waals surface area contributed by atoms with E-state index in [1.807, 2.05) is 23.9 Å². The van der Waals surface area contributed by atoms with Gasteiger partial charge in [-0.25, -0.2) is 9.97 Å². The minimum absolute atomic E-state index is 0. The van der Waals surface area contributed by atoms with Gasteiger partial charge in [0.15, 0.2) is 0 Å². The Labute approximate surface area is 202 Å². The number of carbonyl (C=O) groups is 1. The van der Waals surface area contributed by atoms with E-state index in [0.717, 1.165) is 16.6 Å². The highest BCUT2D eigenvalue weighted by Gasteiger charge is 2.22. The van der Waals surface area contributed by atoms with Gasteiger partial charge in [-0.15, -0.1) is 12.4 Å². The van der Waals surface area contributed by atoms with Crippen LogP contribution in [0.4, 0.5) is 17.2 Å². The molecule has 4 aromatic rings. The molecule has 0 unspecified atom stereocenters. The van der Waals surface area contributed by atoms with Crippen LogP contribution in [0.25, 0.3) is 22.4 Å². The SMILES string of the molecule is Cl.Cn1ncc2cc(NC(=O)Cc3coc(-c4cccnc4N)n3)c(N3CCC(O)CC3)cc21. The number of rotatable bonds is 5. The van der Waals surface area contributed by atoms with Crippen LogP contribution in [0.1, 0.15) is 18.5 Å². The Balaban J connectivity index is 0.00000274. The van der Waals surface area contributed by atoms with Crippen molar-refractivity contribution in [3.8, 4) is 11.5 Å².